The highest BCUT2D eigenvalue weighted by molar-refractivity contribution is 6.34. The number of halogens is 1. The Morgan fingerprint density at radius 3 is 2.06 bits per heavy atom. The first kappa shape index (κ1) is 25.8. The van der Waals surface area contributed by atoms with Gasteiger partial charge in [-0.15, -0.1) is 0 Å². The number of hydrogen-bond acceptors (Lipinski definition) is 4. The molecule has 0 spiro atoms. The third kappa shape index (κ3) is 8.79. The first-order valence-electron chi connectivity index (χ1n) is 11.5. The van der Waals surface area contributed by atoms with Crippen LogP contribution < -0.4 is 21.3 Å². The maximum Gasteiger partial charge on any atom is 0.243 e. The van der Waals surface area contributed by atoms with Crippen molar-refractivity contribution in [1.82, 2.24) is 0 Å². The topological polar surface area (TPSA) is 99.3 Å². The standard InChI is InChI=1S/C27H29ClN4O3/c1-2-6-25(33)31-22-14-15-23(28)24(17-22)32-27(35)18-29-20-10-12-21(13-11-20)30-26(34)16-9-19-7-4-3-5-8-19/h3-5,7-8,10-15,17,29H,2,6,9,16,18H2,1H3,(H,30,34)(H,31,33)(H,32,35). The highest BCUT2D eigenvalue weighted by Gasteiger charge is 2.09. The minimum absolute atomic E-state index is 0.0194. The van der Waals surface area contributed by atoms with E-state index in [4.69, 9.17) is 11.6 Å². The molecule has 3 amide bonds. The molecule has 3 rings (SSSR count). The van der Waals surface area contributed by atoms with Gasteiger partial charge >= 0.3 is 0 Å². The lowest BCUT2D eigenvalue weighted by Crippen LogP contribution is -2.22. The molecule has 0 aliphatic heterocycles. The zero-order chi connectivity index (χ0) is 25.0. The summed E-state index contributed by atoms with van der Waals surface area (Å²) in [6, 6.07) is 21.9. The van der Waals surface area contributed by atoms with E-state index in [2.05, 4.69) is 21.3 Å². The highest BCUT2D eigenvalue weighted by Crippen LogP contribution is 2.26. The number of anilines is 4. The second-order valence-corrected chi connectivity index (χ2v) is 8.41. The fourth-order valence-corrected chi connectivity index (χ4v) is 3.49. The summed E-state index contributed by atoms with van der Waals surface area (Å²) in [7, 11) is 0. The summed E-state index contributed by atoms with van der Waals surface area (Å²) in [5.74, 6) is -0.439. The van der Waals surface area contributed by atoms with Crippen LogP contribution in [0.4, 0.5) is 22.7 Å². The summed E-state index contributed by atoms with van der Waals surface area (Å²) in [5.41, 5.74) is 3.52. The van der Waals surface area contributed by atoms with Crippen molar-refractivity contribution in [3.05, 3.63) is 83.4 Å². The van der Waals surface area contributed by atoms with E-state index in [1.807, 2.05) is 37.3 Å². The van der Waals surface area contributed by atoms with Gasteiger partial charge in [0.15, 0.2) is 0 Å². The maximum atomic E-state index is 12.4. The van der Waals surface area contributed by atoms with Crippen molar-refractivity contribution in [3.8, 4) is 0 Å². The number of carbonyl (C=O) groups excluding carboxylic acids is 3. The molecule has 0 radical (unpaired) electrons. The van der Waals surface area contributed by atoms with Crippen LogP contribution in [0.25, 0.3) is 0 Å². The molecule has 0 saturated carbocycles. The maximum absolute atomic E-state index is 12.4. The molecule has 0 atom stereocenters. The van der Waals surface area contributed by atoms with Gasteiger partial charge in [0.05, 0.1) is 17.3 Å². The molecule has 0 unspecified atom stereocenters. The van der Waals surface area contributed by atoms with Crippen LogP contribution in [0.15, 0.2) is 72.8 Å². The lowest BCUT2D eigenvalue weighted by molar-refractivity contribution is -0.117. The number of aryl methyl sites for hydroxylation is 1. The van der Waals surface area contributed by atoms with Gasteiger partial charge in [0.25, 0.3) is 0 Å². The van der Waals surface area contributed by atoms with E-state index < -0.39 is 0 Å². The predicted octanol–water partition coefficient (Wildman–Crippen LogP) is 5.70. The summed E-state index contributed by atoms with van der Waals surface area (Å²) < 4.78 is 0. The highest BCUT2D eigenvalue weighted by atomic mass is 35.5. The fraction of sp³-hybridized carbons (Fsp3) is 0.222. The molecule has 0 fully saturated rings. The number of nitrogens with one attached hydrogen (secondary N) is 4. The van der Waals surface area contributed by atoms with Crippen LogP contribution in [0.3, 0.4) is 0 Å². The molecule has 3 aromatic rings. The Morgan fingerprint density at radius 2 is 1.34 bits per heavy atom. The fourth-order valence-electron chi connectivity index (χ4n) is 3.32. The van der Waals surface area contributed by atoms with Crippen molar-refractivity contribution in [2.24, 2.45) is 0 Å². The average molecular weight is 493 g/mol. The van der Waals surface area contributed by atoms with Gasteiger partial charge in [-0.05, 0) is 60.9 Å². The SMILES string of the molecule is CCCC(=O)Nc1ccc(Cl)c(NC(=O)CNc2ccc(NC(=O)CCc3ccccc3)cc2)c1. The Kier molecular flexibility index (Phi) is 9.69. The average Bonchev–Trinajstić information content (AvgIpc) is 2.85. The van der Waals surface area contributed by atoms with Crippen molar-refractivity contribution in [3.63, 3.8) is 0 Å². The summed E-state index contributed by atoms with van der Waals surface area (Å²) in [6.45, 7) is 1.95. The van der Waals surface area contributed by atoms with Crippen molar-refractivity contribution in [1.29, 1.82) is 0 Å². The molecule has 0 heterocycles. The van der Waals surface area contributed by atoms with E-state index in [1.54, 1.807) is 42.5 Å². The number of rotatable bonds is 11. The molecular weight excluding hydrogens is 464 g/mol. The number of amides is 3. The molecule has 0 bridgehead atoms. The third-order valence-corrected chi connectivity index (χ3v) is 5.44. The van der Waals surface area contributed by atoms with Crippen LogP contribution in [-0.2, 0) is 20.8 Å². The monoisotopic (exact) mass is 492 g/mol. The van der Waals surface area contributed by atoms with Crippen LogP contribution in [0, 0.1) is 0 Å². The van der Waals surface area contributed by atoms with E-state index >= 15 is 0 Å². The molecule has 7 nitrogen and oxygen atoms in total. The van der Waals surface area contributed by atoms with Gasteiger partial charge in [0.2, 0.25) is 17.7 Å². The summed E-state index contributed by atoms with van der Waals surface area (Å²) in [5, 5.41) is 11.8. The van der Waals surface area contributed by atoms with Gasteiger partial charge in [-0.25, -0.2) is 0 Å². The van der Waals surface area contributed by atoms with Crippen LogP contribution in [0.5, 0.6) is 0 Å². The minimum atomic E-state index is -0.290. The molecule has 182 valence electrons. The summed E-state index contributed by atoms with van der Waals surface area (Å²) in [6.07, 6.45) is 2.25. The van der Waals surface area contributed by atoms with Gasteiger partial charge < -0.3 is 21.3 Å². The van der Waals surface area contributed by atoms with Crippen molar-refractivity contribution in [2.45, 2.75) is 32.6 Å². The van der Waals surface area contributed by atoms with Gasteiger partial charge in [-0.2, -0.15) is 0 Å². The quantitative estimate of drug-likeness (QED) is 0.276. The van der Waals surface area contributed by atoms with Gasteiger partial charge in [0.1, 0.15) is 0 Å². The van der Waals surface area contributed by atoms with Crippen LogP contribution in [-0.4, -0.2) is 24.3 Å². The van der Waals surface area contributed by atoms with E-state index in [1.165, 1.54) is 0 Å². The van der Waals surface area contributed by atoms with E-state index in [-0.39, 0.29) is 24.3 Å². The molecule has 0 aromatic heterocycles. The Balaban J connectivity index is 1.45. The van der Waals surface area contributed by atoms with Crippen molar-refractivity contribution in [2.75, 3.05) is 27.8 Å². The first-order chi connectivity index (χ1) is 16.9. The van der Waals surface area contributed by atoms with E-state index in [0.717, 1.165) is 17.7 Å². The molecule has 8 heteroatoms. The molecule has 4 N–H and O–H groups in total. The predicted molar refractivity (Wildman–Crippen MR) is 142 cm³/mol. The number of benzene rings is 3. The molecular formula is C27H29ClN4O3. The van der Waals surface area contributed by atoms with Crippen molar-refractivity contribution >= 4 is 52.1 Å². The van der Waals surface area contributed by atoms with E-state index in [9.17, 15) is 14.4 Å². The molecule has 0 aliphatic rings. The van der Waals surface area contributed by atoms with Crippen molar-refractivity contribution < 1.29 is 14.4 Å². The van der Waals surface area contributed by atoms with Gasteiger partial charge in [-0.3, -0.25) is 14.4 Å². The smallest absolute Gasteiger partial charge is 0.243 e. The molecule has 35 heavy (non-hydrogen) atoms. The van der Waals surface area contributed by atoms with Gasteiger partial charge in [-0.1, -0.05) is 48.9 Å². The normalized spacial score (nSPS) is 10.3. The Morgan fingerprint density at radius 1 is 0.714 bits per heavy atom. The first-order valence-corrected chi connectivity index (χ1v) is 11.9. The molecule has 0 aliphatic carbocycles. The zero-order valence-electron chi connectivity index (χ0n) is 19.6. The van der Waals surface area contributed by atoms with Crippen LogP contribution in [0.1, 0.15) is 31.7 Å². The Labute approximate surface area is 210 Å². The lowest BCUT2D eigenvalue weighted by atomic mass is 10.1. The van der Waals surface area contributed by atoms with Gasteiger partial charge in [0, 0.05) is 29.9 Å². The van der Waals surface area contributed by atoms with Crippen LogP contribution >= 0.6 is 11.6 Å². The molecule has 0 saturated heterocycles. The largest absolute Gasteiger partial charge is 0.376 e. The second-order valence-electron chi connectivity index (χ2n) is 8.01. The van der Waals surface area contributed by atoms with Crippen LogP contribution in [0.2, 0.25) is 5.02 Å². The third-order valence-electron chi connectivity index (χ3n) is 5.11. The van der Waals surface area contributed by atoms with E-state index in [0.29, 0.717) is 41.3 Å². The summed E-state index contributed by atoms with van der Waals surface area (Å²) in [4.78, 5) is 36.4. The second kappa shape index (κ2) is 13.2. The lowest BCUT2D eigenvalue weighted by Gasteiger charge is -2.12. The molecule has 3 aromatic carbocycles. The Bertz CT molecular complexity index is 1150. The number of carbonyl (C=O) groups is 3. The minimum Gasteiger partial charge on any atom is -0.376 e. The zero-order valence-corrected chi connectivity index (χ0v) is 20.3. The Hall–Kier alpha value is -3.84. The summed E-state index contributed by atoms with van der Waals surface area (Å²) >= 11 is 6.19. The number of hydrogen-bond donors (Lipinski definition) is 4.